The highest BCUT2D eigenvalue weighted by Gasteiger charge is 2.19. The molecule has 0 aliphatic rings. The minimum Gasteiger partial charge on any atom is -0.352 e. The van der Waals surface area contributed by atoms with E-state index in [0.29, 0.717) is 23.4 Å². The second-order valence-corrected chi connectivity index (χ2v) is 6.92. The van der Waals surface area contributed by atoms with Crippen molar-refractivity contribution in [3.63, 3.8) is 0 Å². The highest BCUT2D eigenvalue weighted by molar-refractivity contribution is 7.90. The lowest BCUT2D eigenvalue weighted by molar-refractivity contribution is 0.0956. The lowest BCUT2D eigenvalue weighted by Crippen LogP contribution is -2.34. The van der Waals surface area contributed by atoms with Crippen LogP contribution >= 0.6 is 0 Å². The molecule has 2 aromatic carbocycles. The second-order valence-electron chi connectivity index (χ2n) is 5.27. The average molecular weight is 361 g/mol. The van der Waals surface area contributed by atoms with E-state index in [4.69, 9.17) is 0 Å². The molecule has 0 unspecified atom stereocenters. The predicted octanol–water partition coefficient (Wildman–Crippen LogP) is 2.26. The summed E-state index contributed by atoms with van der Waals surface area (Å²) in [7, 11) is -3.99. The zero-order chi connectivity index (χ0) is 18.4. The molecular weight excluding hydrogens is 342 g/mol. The Morgan fingerprint density at radius 1 is 1.04 bits per heavy atom. The molecule has 7 nitrogen and oxygen atoms in total. The van der Waals surface area contributed by atoms with Gasteiger partial charge in [0.05, 0.1) is 4.90 Å². The third-order valence-electron chi connectivity index (χ3n) is 3.33. The third kappa shape index (κ3) is 4.80. The predicted molar refractivity (Wildman–Crippen MR) is 95.0 cm³/mol. The molecular formula is C17H19N3O4S. The van der Waals surface area contributed by atoms with Gasteiger partial charge in [0.2, 0.25) is 0 Å². The number of carbonyl (C=O) groups excluding carboxylic acids is 2. The molecule has 0 heterocycles. The van der Waals surface area contributed by atoms with Gasteiger partial charge in [0.25, 0.3) is 15.9 Å². The number of hydrogen-bond donors (Lipinski definition) is 3. The summed E-state index contributed by atoms with van der Waals surface area (Å²) in [6, 6.07) is 11.7. The second kappa shape index (κ2) is 7.80. The first-order chi connectivity index (χ1) is 11.8. The summed E-state index contributed by atoms with van der Waals surface area (Å²) in [4.78, 5) is 23.8. The highest BCUT2D eigenvalue weighted by Crippen LogP contribution is 2.15. The monoisotopic (exact) mass is 361 g/mol. The van der Waals surface area contributed by atoms with E-state index in [1.165, 1.54) is 12.1 Å². The molecule has 132 valence electrons. The number of carbonyl (C=O) groups is 2. The number of benzene rings is 2. The van der Waals surface area contributed by atoms with Crippen LogP contribution in [-0.4, -0.2) is 26.9 Å². The Morgan fingerprint density at radius 2 is 1.76 bits per heavy atom. The number of urea groups is 1. The van der Waals surface area contributed by atoms with Gasteiger partial charge in [-0.1, -0.05) is 24.3 Å². The van der Waals surface area contributed by atoms with E-state index >= 15 is 0 Å². The van der Waals surface area contributed by atoms with Crippen LogP contribution in [0.3, 0.4) is 0 Å². The van der Waals surface area contributed by atoms with Crippen LogP contribution in [0.15, 0.2) is 53.4 Å². The van der Waals surface area contributed by atoms with Crippen molar-refractivity contribution in [3.05, 3.63) is 59.7 Å². The number of sulfonamides is 1. The summed E-state index contributed by atoms with van der Waals surface area (Å²) < 4.78 is 26.5. The smallest absolute Gasteiger partial charge is 0.333 e. The van der Waals surface area contributed by atoms with E-state index in [2.05, 4.69) is 10.6 Å². The lowest BCUT2D eigenvalue weighted by Gasteiger charge is -2.11. The molecule has 0 aliphatic heterocycles. The maximum absolute atomic E-state index is 12.3. The van der Waals surface area contributed by atoms with Crippen molar-refractivity contribution in [3.8, 4) is 0 Å². The Kier molecular flexibility index (Phi) is 5.76. The Hall–Kier alpha value is -2.87. The molecule has 0 atom stereocenters. The van der Waals surface area contributed by atoms with Gasteiger partial charge in [-0.15, -0.1) is 0 Å². The van der Waals surface area contributed by atoms with Crippen molar-refractivity contribution in [2.45, 2.75) is 18.7 Å². The first-order valence-electron chi connectivity index (χ1n) is 7.61. The lowest BCUT2D eigenvalue weighted by atomic mass is 10.2. The summed E-state index contributed by atoms with van der Waals surface area (Å²) in [6.45, 7) is 3.91. The van der Waals surface area contributed by atoms with Crippen LogP contribution in [0.25, 0.3) is 0 Å². The molecule has 8 heteroatoms. The largest absolute Gasteiger partial charge is 0.352 e. The van der Waals surface area contributed by atoms with Crippen LogP contribution in [0.1, 0.15) is 22.8 Å². The molecule has 0 fully saturated rings. The summed E-state index contributed by atoms with van der Waals surface area (Å²) in [5, 5.41) is 5.06. The standard InChI is InChI=1S/C17H19N3O4S/c1-3-18-16(21)13-8-6-9-14(11-13)19-17(22)20-25(23,24)15-10-5-4-7-12(15)2/h4-11H,3H2,1-2H3,(H,18,21)(H2,19,20,22). The van der Waals surface area contributed by atoms with Gasteiger partial charge in [0.15, 0.2) is 0 Å². The number of aryl methyl sites for hydroxylation is 1. The van der Waals surface area contributed by atoms with E-state index < -0.39 is 16.1 Å². The summed E-state index contributed by atoms with van der Waals surface area (Å²) >= 11 is 0. The summed E-state index contributed by atoms with van der Waals surface area (Å²) in [6.07, 6.45) is 0. The number of hydrogen-bond acceptors (Lipinski definition) is 4. The molecule has 0 bridgehead atoms. The molecule has 0 saturated heterocycles. The molecule has 0 aliphatic carbocycles. The molecule has 25 heavy (non-hydrogen) atoms. The van der Waals surface area contributed by atoms with Gasteiger partial charge in [-0.05, 0) is 43.7 Å². The maximum Gasteiger partial charge on any atom is 0.333 e. The number of amides is 3. The van der Waals surface area contributed by atoms with Gasteiger partial charge in [-0.3, -0.25) is 4.79 Å². The highest BCUT2D eigenvalue weighted by atomic mass is 32.2. The van der Waals surface area contributed by atoms with Crippen LogP contribution < -0.4 is 15.4 Å². The minimum absolute atomic E-state index is 0.0289. The normalized spacial score (nSPS) is 10.8. The van der Waals surface area contributed by atoms with Crippen molar-refractivity contribution in [2.75, 3.05) is 11.9 Å². The first-order valence-corrected chi connectivity index (χ1v) is 9.09. The first kappa shape index (κ1) is 18.5. The fourth-order valence-corrected chi connectivity index (χ4v) is 3.35. The van der Waals surface area contributed by atoms with E-state index in [9.17, 15) is 18.0 Å². The SMILES string of the molecule is CCNC(=O)c1cccc(NC(=O)NS(=O)(=O)c2ccccc2C)c1. The average Bonchev–Trinajstić information content (AvgIpc) is 2.55. The summed E-state index contributed by atoms with van der Waals surface area (Å²) in [5.74, 6) is -0.279. The molecule has 3 amide bonds. The van der Waals surface area contributed by atoms with Crippen molar-refractivity contribution in [1.29, 1.82) is 0 Å². The molecule has 3 N–H and O–H groups in total. The van der Waals surface area contributed by atoms with Crippen LogP contribution in [-0.2, 0) is 10.0 Å². The fourth-order valence-electron chi connectivity index (χ4n) is 2.19. The quantitative estimate of drug-likeness (QED) is 0.760. The third-order valence-corrected chi connectivity index (χ3v) is 4.82. The Labute approximate surface area is 146 Å². The van der Waals surface area contributed by atoms with Crippen molar-refractivity contribution in [1.82, 2.24) is 10.0 Å². The Balaban J connectivity index is 2.11. The van der Waals surface area contributed by atoms with Gasteiger partial charge in [-0.2, -0.15) is 0 Å². The number of nitrogens with one attached hydrogen (secondary N) is 3. The Bertz CT molecular complexity index is 894. The summed E-state index contributed by atoms with van der Waals surface area (Å²) in [5.41, 5.74) is 1.20. The molecule has 0 spiro atoms. The molecule has 0 saturated carbocycles. The number of rotatable bonds is 5. The van der Waals surface area contributed by atoms with Gasteiger partial charge in [0, 0.05) is 17.8 Å². The van der Waals surface area contributed by atoms with Crippen LogP contribution in [0, 0.1) is 6.92 Å². The molecule has 2 rings (SSSR count). The van der Waals surface area contributed by atoms with Crippen molar-refractivity contribution < 1.29 is 18.0 Å². The Morgan fingerprint density at radius 3 is 2.44 bits per heavy atom. The van der Waals surface area contributed by atoms with Crippen molar-refractivity contribution >= 4 is 27.6 Å². The molecule has 0 aromatic heterocycles. The fraction of sp³-hybridized carbons (Fsp3) is 0.176. The maximum atomic E-state index is 12.3. The topological polar surface area (TPSA) is 104 Å². The number of anilines is 1. The van der Waals surface area contributed by atoms with Crippen LogP contribution in [0.4, 0.5) is 10.5 Å². The van der Waals surface area contributed by atoms with E-state index in [-0.39, 0.29) is 10.8 Å². The van der Waals surface area contributed by atoms with E-state index in [1.54, 1.807) is 50.2 Å². The van der Waals surface area contributed by atoms with Gasteiger partial charge < -0.3 is 10.6 Å². The van der Waals surface area contributed by atoms with Gasteiger partial charge in [-0.25, -0.2) is 17.9 Å². The van der Waals surface area contributed by atoms with Crippen molar-refractivity contribution in [2.24, 2.45) is 0 Å². The van der Waals surface area contributed by atoms with E-state index in [0.717, 1.165) is 0 Å². The van der Waals surface area contributed by atoms with Crippen LogP contribution in [0.2, 0.25) is 0 Å². The van der Waals surface area contributed by atoms with Gasteiger partial charge in [0.1, 0.15) is 0 Å². The molecule has 0 radical (unpaired) electrons. The van der Waals surface area contributed by atoms with Crippen LogP contribution in [0.5, 0.6) is 0 Å². The minimum atomic E-state index is -3.99. The van der Waals surface area contributed by atoms with E-state index in [1.807, 2.05) is 4.72 Å². The zero-order valence-corrected chi connectivity index (χ0v) is 14.7. The zero-order valence-electron chi connectivity index (χ0n) is 13.9. The van der Waals surface area contributed by atoms with Gasteiger partial charge >= 0.3 is 6.03 Å². The molecule has 2 aromatic rings.